The van der Waals surface area contributed by atoms with Gasteiger partial charge < -0.3 is 15.2 Å². The van der Waals surface area contributed by atoms with Crippen molar-refractivity contribution in [2.24, 2.45) is 0 Å². The van der Waals surface area contributed by atoms with Crippen molar-refractivity contribution in [3.63, 3.8) is 0 Å². The molecule has 1 aromatic carbocycles. The molecule has 2 rings (SSSR count). The van der Waals surface area contributed by atoms with E-state index in [1.807, 2.05) is 0 Å². The second-order valence-corrected chi connectivity index (χ2v) is 4.81. The van der Waals surface area contributed by atoms with Crippen molar-refractivity contribution in [3.8, 4) is 0 Å². The molecule has 108 valence electrons. The van der Waals surface area contributed by atoms with Gasteiger partial charge in [0.05, 0.1) is 16.6 Å². The Hall–Kier alpha value is -2.15. The Morgan fingerprint density at radius 2 is 2.25 bits per heavy atom. The number of aromatic carboxylic acids is 1. The summed E-state index contributed by atoms with van der Waals surface area (Å²) >= 11 is 0. The van der Waals surface area contributed by atoms with Gasteiger partial charge in [-0.15, -0.1) is 0 Å². The molecule has 2 N–H and O–H groups in total. The molecule has 1 fully saturated rings. The van der Waals surface area contributed by atoms with E-state index in [4.69, 9.17) is 9.84 Å². The molecule has 0 spiro atoms. The van der Waals surface area contributed by atoms with Gasteiger partial charge in [0.2, 0.25) is 0 Å². The molecule has 7 nitrogen and oxygen atoms in total. The minimum absolute atomic E-state index is 0.0940. The second kappa shape index (κ2) is 5.87. The van der Waals surface area contributed by atoms with Crippen molar-refractivity contribution in [2.45, 2.75) is 31.4 Å². The topological polar surface area (TPSA) is 102 Å². The third-order valence-electron chi connectivity index (χ3n) is 3.52. The zero-order valence-electron chi connectivity index (χ0n) is 11.0. The molecule has 0 aromatic heterocycles. The van der Waals surface area contributed by atoms with Gasteiger partial charge in [0, 0.05) is 19.2 Å². The predicted octanol–water partition coefficient (Wildman–Crippen LogP) is 2.27. The summed E-state index contributed by atoms with van der Waals surface area (Å²) in [7, 11) is 1.65. The van der Waals surface area contributed by atoms with Crippen LogP contribution in [0.15, 0.2) is 18.2 Å². The van der Waals surface area contributed by atoms with E-state index >= 15 is 0 Å². The molecule has 0 aliphatic heterocycles. The van der Waals surface area contributed by atoms with Crippen molar-refractivity contribution < 1.29 is 19.6 Å². The second-order valence-electron chi connectivity index (χ2n) is 4.81. The number of carboxylic acids is 1. The molecule has 1 aliphatic rings. The van der Waals surface area contributed by atoms with Crippen molar-refractivity contribution in [1.82, 2.24) is 0 Å². The number of rotatable bonds is 5. The first-order chi connectivity index (χ1) is 9.51. The molecule has 2 unspecified atom stereocenters. The highest BCUT2D eigenvalue weighted by molar-refractivity contribution is 5.89. The molecular formula is C13H16N2O5. The number of hydrogen-bond acceptors (Lipinski definition) is 5. The van der Waals surface area contributed by atoms with Gasteiger partial charge >= 0.3 is 5.97 Å². The lowest BCUT2D eigenvalue weighted by molar-refractivity contribution is -0.384. The first kappa shape index (κ1) is 14.3. The van der Waals surface area contributed by atoms with Gasteiger partial charge in [-0.2, -0.15) is 0 Å². The Morgan fingerprint density at radius 3 is 2.80 bits per heavy atom. The van der Waals surface area contributed by atoms with Crippen molar-refractivity contribution >= 4 is 17.3 Å². The number of benzene rings is 1. The maximum absolute atomic E-state index is 11.0. The van der Waals surface area contributed by atoms with E-state index in [-0.39, 0.29) is 23.4 Å². The zero-order chi connectivity index (χ0) is 14.7. The highest BCUT2D eigenvalue weighted by Crippen LogP contribution is 2.30. The summed E-state index contributed by atoms with van der Waals surface area (Å²) in [5.41, 5.74) is 0.0379. The fourth-order valence-corrected chi connectivity index (χ4v) is 2.44. The molecule has 1 aliphatic carbocycles. The van der Waals surface area contributed by atoms with Crippen LogP contribution in [-0.4, -0.2) is 35.3 Å². The Morgan fingerprint density at radius 1 is 1.50 bits per heavy atom. The summed E-state index contributed by atoms with van der Waals surface area (Å²) in [6.07, 6.45) is 2.74. The molecule has 20 heavy (non-hydrogen) atoms. The SMILES string of the molecule is COC1CCC(Nc2ccc(C(=O)O)cc2[N+](=O)[O-])C1. The highest BCUT2D eigenvalue weighted by atomic mass is 16.6. The van der Waals surface area contributed by atoms with Crippen LogP contribution >= 0.6 is 0 Å². The van der Waals surface area contributed by atoms with Gasteiger partial charge in [-0.05, 0) is 31.4 Å². The molecule has 2 atom stereocenters. The van der Waals surface area contributed by atoms with Crippen LogP contribution in [0.1, 0.15) is 29.6 Å². The van der Waals surface area contributed by atoms with E-state index in [9.17, 15) is 14.9 Å². The first-order valence-electron chi connectivity index (χ1n) is 6.32. The third kappa shape index (κ3) is 3.05. The number of nitro groups is 1. The minimum atomic E-state index is -1.18. The van der Waals surface area contributed by atoms with Crippen LogP contribution in [-0.2, 0) is 4.74 Å². The Kier molecular flexibility index (Phi) is 4.19. The average Bonchev–Trinajstić information content (AvgIpc) is 2.86. The fourth-order valence-electron chi connectivity index (χ4n) is 2.44. The van der Waals surface area contributed by atoms with Gasteiger partial charge in [0.25, 0.3) is 5.69 Å². The predicted molar refractivity (Wildman–Crippen MR) is 72.1 cm³/mol. The molecule has 0 bridgehead atoms. The molecule has 0 amide bonds. The van der Waals surface area contributed by atoms with E-state index in [0.29, 0.717) is 5.69 Å². The van der Waals surface area contributed by atoms with Crippen LogP contribution < -0.4 is 5.32 Å². The van der Waals surface area contributed by atoms with Crippen LogP contribution in [0.2, 0.25) is 0 Å². The standard InChI is InChI=1S/C13H16N2O5/c1-20-10-4-3-9(7-10)14-11-5-2-8(13(16)17)6-12(11)15(18)19/h2,5-6,9-10,14H,3-4,7H2,1H3,(H,16,17). The summed E-state index contributed by atoms with van der Waals surface area (Å²) < 4.78 is 5.26. The first-order valence-corrected chi connectivity index (χ1v) is 6.32. The molecule has 1 saturated carbocycles. The lowest BCUT2D eigenvalue weighted by Crippen LogP contribution is -2.18. The lowest BCUT2D eigenvalue weighted by atomic mass is 10.1. The number of nitro benzene ring substituents is 1. The Labute approximate surface area is 115 Å². The normalized spacial score (nSPS) is 21.6. The number of methoxy groups -OCH3 is 1. The molecule has 7 heteroatoms. The van der Waals surface area contributed by atoms with Crippen LogP contribution in [0, 0.1) is 10.1 Å². The summed E-state index contributed by atoms with van der Waals surface area (Å²) in [6.45, 7) is 0. The van der Waals surface area contributed by atoms with Crippen molar-refractivity contribution in [3.05, 3.63) is 33.9 Å². The van der Waals surface area contributed by atoms with Gasteiger partial charge in [0.1, 0.15) is 5.69 Å². The summed E-state index contributed by atoms with van der Waals surface area (Å²) in [6, 6.07) is 3.99. The zero-order valence-corrected chi connectivity index (χ0v) is 11.0. The van der Waals surface area contributed by atoms with Gasteiger partial charge in [-0.25, -0.2) is 4.79 Å². The molecule has 0 heterocycles. The van der Waals surface area contributed by atoms with E-state index in [1.165, 1.54) is 12.1 Å². The molecule has 0 saturated heterocycles. The minimum Gasteiger partial charge on any atom is -0.478 e. The van der Waals surface area contributed by atoms with E-state index in [2.05, 4.69) is 5.32 Å². The van der Waals surface area contributed by atoms with Crippen LogP contribution in [0.3, 0.4) is 0 Å². The van der Waals surface area contributed by atoms with Gasteiger partial charge in [-0.1, -0.05) is 0 Å². The number of carbonyl (C=O) groups is 1. The monoisotopic (exact) mass is 280 g/mol. The number of nitrogens with zero attached hydrogens (tertiary/aromatic N) is 1. The molecule has 1 aromatic rings. The number of carboxylic acid groups (broad SMARTS) is 1. The van der Waals surface area contributed by atoms with Gasteiger partial charge in [0.15, 0.2) is 0 Å². The maximum atomic E-state index is 11.0. The van der Waals surface area contributed by atoms with Crippen LogP contribution in [0.25, 0.3) is 0 Å². The quantitative estimate of drug-likeness (QED) is 0.633. The smallest absolute Gasteiger partial charge is 0.335 e. The number of nitrogens with one attached hydrogen (secondary N) is 1. The summed E-state index contributed by atoms with van der Waals surface area (Å²) in [4.78, 5) is 21.3. The molecular weight excluding hydrogens is 264 g/mol. The maximum Gasteiger partial charge on any atom is 0.335 e. The number of anilines is 1. The van der Waals surface area contributed by atoms with E-state index in [1.54, 1.807) is 7.11 Å². The fraction of sp³-hybridized carbons (Fsp3) is 0.462. The van der Waals surface area contributed by atoms with E-state index in [0.717, 1.165) is 25.3 Å². The number of hydrogen-bond donors (Lipinski definition) is 2. The Balaban J connectivity index is 2.19. The molecule has 0 radical (unpaired) electrons. The summed E-state index contributed by atoms with van der Waals surface area (Å²) in [5.74, 6) is -1.18. The number of ether oxygens (including phenoxy) is 1. The van der Waals surface area contributed by atoms with E-state index < -0.39 is 10.9 Å². The van der Waals surface area contributed by atoms with Crippen molar-refractivity contribution in [2.75, 3.05) is 12.4 Å². The highest BCUT2D eigenvalue weighted by Gasteiger charge is 2.26. The van der Waals surface area contributed by atoms with Gasteiger partial charge in [-0.3, -0.25) is 10.1 Å². The third-order valence-corrected chi connectivity index (χ3v) is 3.52. The van der Waals surface area contributed by atoms with Crippen molar-refractivity contribution in [1.29, 1.82) is 0 Å². The summed E-state index contributed by atoms with van der Waals surface area (Å²) in [5, 5.41) is 23.0. The average molecular weight is 280 g/mol. The Bertz CT molecular complexity index is 531. The lowest BCUT2D eigenvalue weighted by Gasteiger charge is -2.14. The van der Waals surface area contributed by atoms with Crippen LogP contribution in [0.4, 0.5) is 11.4 Å². The largest absolute Gasteiger partial charge is 0.478 e. The van der Waals surface area contributed by atoms with Crippen LogP contribution in [0.5, 0.6) is 0 Å².